The first-order valence-electron chi connectivity index (χ1n) is 6.63. The lowest BCUT2D eigenvalue weighted by atomic mass is 10.1. The van der Waals surface area contributed by atoms with Crippen LogP contribution in [-0.2, 0) is 6.42 Å². The van der Waals surface area contributed by atoms with Crippen molar-refractivity contribution >= 4 is 29.1 Å². The van der Waals surface area contributed by atoms with Crippen molar-refractivity contribution in [1.82, 2.24) is 10.3 Å². The van der Waals surface area contributed by atoms with Gasteiger partial charge >= 0.3 is 0 Å². The van der Waals surface area contributed by atoms with Gasteiger partial charge in [-0.25, -0.2) is 0 Å². The number of nitrogens with zero attached hydrogens (tertiary/aromatic N) is 1. The Bertz CT molecular complexity index is 641. The third kappa shape index (κ3) is 4.45. The molecule has 5 heteroatoms. The Morgan fingerprint density at radius 3 is 2.57 bits per heavy atom. The van der Waals surface area contributed by atoms with Crippen LogP contribution in [0, 0.1) is 6.92 Å². The van der Waals surface area contributed by atoms with Gasteiger partial charge in [0.15, 0.2) is 0 Å². The second-order valence-electron chi connectivity index (χ2n) is 5.01. The average molecular weight is 323 g/mol. The Labute approximate surface area is 134 Å². The van der Waals surface area contributed by atoms with Gasteiger partial charge in [0.2, 0.25) is 0 Å². The van der Waals surface area contributed by atoms with Gasteiger partial charge in [-0.05, 0) is 44.0 Å². The molecular formula is C16H16Cl2N2O. The molecule has 0 fully saturated rings. The Hall–Kier alpha value is -1.58. The maximum atomic E-state index is 12.2. The summed E-state index contributed by atoms with van der Waals surface area (Å²) in [4.78, 5) is 16.3. The van der Waals surface area contributed by atoms with Crippen molar-refractivity contribution in [3.8, 4) is 0 Å². The standard InChI is InChI=1S/C16H16Cl2N2O/c1-10-8-15(18)14(9-19-10)16(21)20-11(2)7-12-3-5-13(17)6-4-12/h3-6,8-9,11H,7H2,1-2H3,(H,20,21). The van der Waals surface area contributed by atoms with E-state index in [1.54, 1.807) is 6.07 Å². The molecule has 0 radical (unpaired) electrons. The summed E-state index contributed by atoms with van der Waals surface area (Å²) >= 11 is 11.9. The van der Waals surface area contributed by atoms with Crippen LogP contribution in [-0.4, -0.2) is 16.9 Å². The van der Waals surface area contributed by atoms with Gasteiger partial charge in [0.05, 0.1) is 10.6 Å². The van der Waals surface area contributed by atoms with Crippen molar-refractivity contribution in [3.05, 3.63) is 63.4 Å². The average Bonchev–Trinajstić information content (AvgIpc) is 2.41. The topological polar surface area (TPSA) is 42.0 Å². The van der Waals surface area contributed by atoms with Crippen LogP contribution >= 0.6 is 23.2 Å². The zero-order valence-electron chi connectivity index (χ0n) is 11.9. The number of rotatable bonds is 4. The molecule has 1 aromatic carbocycles. The second-order valence-corrected chi connectivity index (χ2v) is 5.85. The summed E-state index contributed by atoms with van der Waals surface area (Å²) < 4.78 is 0. The van der Waals surface area contributed by atoms with Gasteiger partial charge in [-0.2, -0.15) is 0 Å². The third-order valence-electron chi connectivity index (χ3n) is 3.07. The van der Waals surface area contributed by atoms with E-state index in [0.29, 0.717) is 15.6 Å². The molecule has 0 saturated heterocycles. The Kier molecular flexibility index (Phi) is 5.21. The zero-order chi connectivity index (χ0) is 15.4. The molecule has 2 rings (SSSR count). The van der Waals surface area contributed by atoms with Crippen molar-refractivity contribution < 1.29 is 4.79 Å². The molecule has 1 amide bonds. The van der Waals surface area contributed by atoms with Crippen LogP contribution in [0.15, 0.2) is 36.5 Å². The molecule has 3 nitrogen and oxygen atoms in total. The van der Waals surface area contributed by atoms with E-state index in [0.717, 1.165) is 17.7 Å². The van der Waals surface area contributed by atoms with Gasteiger partial charge in [-0.3, -0.25) is 9.78 Å². The molecule has 1 heterocycles. The second kappa shape index (κ2) is 6.92. The minimum atomic E-state index is -0.214. The molecular weight excluding hydrogens is 307 g/mol. The third-order valence-corrected chi connectivity index (χ3v) is 3.63. The Morgan fingerprint density at radius 1 is 1.29 bits per heavy atom. The zero-order valence-corrected chi connectivity index (χ0v) is 13.4. The van der Waals surface area contributed by atoms with Crippen LogP contribution in [0.2, 0.25) is 10.0 Å². The monoisotopic (exact) mass is 322 g/mol. The van der Waals surface area contributed by atoms with Crippen molar-refractivity contribution in [1.29, 1.82) is 0 Å². The number of carbonyl (C=O) groups excluding carboxylic acids is 1. The molecule has 1 unspecified atom stereocenters. The van der Waals surface area contributed by atoms with Crippen LogP contribution in [0.1, 0.15) is 28.5 Å². The molecule has 2 aromatic rings. The molecule has 0 aliphatic rings. The summed E-state index contributed by atoms with van der Waals surface area (Å²) in [5.41, 5.74) is 2.29. The van der Waals surface area contributed by atoms with E-state index < -0.39 is 0 Å². The normalized spacial score (nSPS) is 12.0. The molecule has 0 spiro atoms. The Balaban J connectivity index is 2.00. The number of aromatic nitrogens is 1. The number of nitrogens with one attached hydrogen (secondary N) is 1. The van der Waals surface area contributed by atoms with Crippen molar-refractivity contribution in [2.75, 3.05) is 0 Å². The number of halogens is 2. The van der Waals surface area contributed by atoms with Crippen LogP contribution in [0.3, 0.4) is 0 Å². The number of hydrogen-bond acceptors (Lipinski definition) is 2. The first-order valence-corrected chi connectivity index (χ1v) is 7.39. The minimum Gasteiger partial charge on any atom is -0.349 e. The lowest BCUT2D eigenvalue weighted by molar-refractivity contribution is 0.0940. The predicted molar refractivity (Wildman–Crippen MR) is 86.1 cm³/mol. The number of benzene rings is 1. The van der Waals surface area contributed by atoms with Gasteiger partial charge in [-0.15, -0.1) is 0 Å². The van der Waals surface area contributed by atoms with Gasteiger partial charge in [0.1, 0.15) is 0 Å². The van der Waals surface area contributed by atoms with Crippen LogP contribution in [0.5, 0.6) is 0 Å². The summed E-state index contributed by atoms with van der Waals surface area (Å²) in [5.74, 6) is -0.214. The Morgan fingerprint density at radius 2 is 1.95 bits per heavy atom. The lowest BCUT2D eigenvalue weighted by Gasteiger charge is -2.14. The highest BCUT2D eigenvalue weighted by Gasteiger charge is 2.14. The number of pyridine rings is 1. The maximum absolute atomic E-state index is 12.2. The van der Waals surface area contributed by atoms with Crippen LogP contribution < -0.4 is 5.32 Å². The highest BCUT2D eigenvalue weighted by Crippen LogP contribution is 2.16. The van der Waals surface area contributed by atoms with Crippen molar-refractivity contribution in [2.24, 2.45) is 0 Å². The van der Waals surface area contributed by atoms with Gasteiger partial charge in [0.25, 0.3) is 5.91 Å². The van der Waals surface area contributed by atoms with Crippen LogP contribution in [0.25, 0.3) is 0 Å². The number of aryl methyl sites for hydroxylation is 1. The highest BCUT2D eigenvalue weighted by atomic mass is 35.5. The van der Waals surface area contributed by atoms with Crippen molar-refractivity contribution in [2.45, 2.75) is 26.3 Å². The molecule has 110 valence electrons. The van der Waals surface area contributed by atoms with Gasteiger partial charge in [0, 0.05) is 23.0 Å². The fourth-order valence-electron chi connectivity index (χ4n) is 2.02. The maximum Gasteiger partial charge on any atom is 0.254 e. The number of hydrogen-bond donors (Lipinski definition) is 1. The van der Waals surface area contributed by atoms with Gasteiger partial charge in [-0.1, -0.05) is 35.3 Å². The molecule has 0 aliphatic heterocycles. The first kappa shape index (κ1) is 15.8. The summed E-state index contributed by atoms with van der Waals surface area (Å²) in [5, 5.41) is 4.04. The van der Waals surface area contributed by atoms with E-state index in [1.807, 2.05) is 38.1 Å². The van der Waals surface area contributed by atoms with E-state index in [-0.39, 0.29) is 11.9 Å². The van der Waals surface area contributed by atoms with E-state index in [4.69, 9.17) is 23.2 Å². The lowest BCUT2D eigenvalue weighted by Crippen LogP contribution is -2.34. The predicted octanol–water partition coefficient (Wildman–Crippen LogP) is 4.06. The SMILES string of the molecule is Cc1cc(Cl)c(C(=O)NC(C)Cc2ccc(Cl)cc2)cn1. The molecule has 0 bridgehead atoms. The quantitative estimate of drug-likeness (QED) is 0.922. The van der Waals surface area contributed by atoms with E-state index in [2.05, 4.69) is 10.3 Å². The van der Waals surface area contributed by atoms with E-state index in [1.165, 1.54) is 6.20 Å². The molecule has 21 heavy (non-hydrogen) atoms. The summed E-state index contributed by atoms with van der Waals surface area (Å²) in [6, 6.07) is 9.24. The molecule has 0 aliphatic carbocycles. The van der Waals surface area contributed by atoms with E-state index in [9.17, 15) is 4.79 Å². The number of amides is 1. The van der Waals surface area contributed by atoms with Crippen LogP contribution in [0.4, 0.5) is 0 Å². The fourth-order valence-corrected chi connectivity index (χ4v) is 2.44. The summed E-state index contributed by atoms with van der Waals surface area (Å²) in [7, 11) is 0. The molecule has 1 aromatic heterocycles. The largest absolute Gasteiger partial charge is 0.349 e. The van der Waals surface area contributed by atoms with Gasteiger partial charge < -0.3 is 5.32 Å². The summed E-state index contributed by atoms with van der Waals surface area (Å²) in [6.45, 7) is 3.78. The molecule has 1 atom stereocenters. The van der Waals surface area contributed by atoms with E-state index >= 15 is 0 Å². The smallest absolute Gasteiger partial charge is 0.254 e. The number of carbonyl (C=O) groups is 1. The molecule has 0 saturated carbocycles. The minimum absolute atomic E-state index is 0.0176. The first-order chi connectivity index (χ1) is 9.95. The summed E-state index contributed by atoms with van der Waals surface area (Å²) in [6.07, 6.45) is 2.22. The molecule has 1 N–H and O–H groups in total. The highest BCUT2D eigenvalue weighted by molar-refractivity contribution is 6.33. The van der Waals surface area contributed by atoms with Crippen molar-refractivity contribution in [3.63, 3.8) is 0 Å². The fraction of sp³-hybridized carbons (Fsp3) is 0.250.